The van der Waals surface area contributed by atoms with Crippen LogP contribution in [0.25, 0.3) is 0 Å². The van der Waals surface area contributed by atoms with E-state index in [4.69, 9.17) is 5.73 Å². The second-order valence-corrected chi connectivity index (χ2v) is 7.11. The van der Waals surface area contributed by atoms with Crippen molar-refractivity contribution in [2.45, 2.75) is 38.0 Å². The first-order chi connectivity index (χ1) is 9.65. The highest BCUT2D eigenvalue weighted by Crippen LogP contribution is 2.58. The van der Waals surface area contributed by atoms with E-state index < -0.39 is 0 Å². The highest BCUT2D eigenvalue weighted by molar-refractivity contribution is 7.16. The van der Waals surface area contributed by atoms with Crippen LogP contribution >= 0.6 is 11.3 Å². The number of carbonyl (C=O) groups excluding carboxylic acids is 1. The van der Waals surface area contributed by atoms with E-state index in [1.54, 1.807) is 11.3 Å². The first-order valence-corrected chi connectivity index (χ1v) is 8.00. The molecule has 20 heavy (non-hydrogen) atoms. The summed E-state index contributed by atoms with van der Waals surface area (Å²) in [5.74, 6) is 1.35. The molecule has 1 saturated carbocycles. The number of fused-ring (bicyclic) bond motifs is 5. The number of hydrogen-bond donors (Lipinski definition) is 1. The second-order valence-electron chi connectivity index (χ2n) is 6.02. The van der Waals surface area contributed by atoms with E-state index in [2.05, 4.69) is 0 Å². The molecule has 0 amide bonds. The summed E-state index contributed by atoms with van der Waals surface area (Å²) in [4.78, 5) is 14.2. The smallest absolute Gasteiger partial charge is 0.196 e. The van der Waals surface area contributed by atoms with Gasteiger partial charge in [-0.2, -0.15) is 0 Å². The molecule has 0 aliphatic heterocycles. The van der Waals surface area contributed by atoms with Gasteiger partial charge in [-0.1, -0.05) is 29.8 Å². The highest BCUT2D eigenvalue weighted by atomic mass is 32.1. The van der Waals surface area contributed by atoms with Gasteiger partial charge in [-0.05, 0) is 43.6 Å². The van der Waals surface area contributed by atoms with E-state index in [1.165, 1.54) is 35.3 Å². The van der Waals surface area contributed by atoms with Gasteiger partial charge < -0.3 is 5.73 Å². The standard InChI is InChI=1S/C17H17NOS/c1-9-2-4-10(5-3-9)15(19)14-13-11-6-7-12(8-11)16(13)20-17(14)18/h2-5,11-12H,6-8,18H2,1H3/t11-,12-/m1/s1. The molecule has 4 rings (SSSR count). The molecule has 2 atom stereocenters. The van der Waals surface area contributed by atoms with Gasteiger partial charge in [0.15, 0.2) is 5.78 Å². The lowest BCUT2D eigenvalue weighted by molar-refractivity contribution is 0.103. The molecule has 102 valence electrons. The third-order valence-electron chi connectivity index (χ3n) is 4.75. The number of benzene rings is 1. The minimum Gasteiger partial charge on any atom is -0.390 e. The van der Waals surface area contributed by atoms with Gasteiger partial charge in [0.2, 0.25) is 0 Å². The second kappa shape index (κ2) is 4.19. The largest absolute Gasteiger partial charge is 0.390 e. The molecule has 2 aromatic rings. The Morgan fingerprint density at radius 1 is 1.20 bits per heavy atom. The first kappa shape index (κ1) is 12.2. The van der Waals surface area contributed by atoms with Crippen LogP contribution in [-0.2, 0) is 0 Å². The number of carbonyl (C=O) groups is 1. The van der Waals surface area contributed by atoms with Crippen molar-refractivity contribution in [3.8, 4) is 0 Å². The predicted molar refractivity (Wildman–Crippen MR) is 82.7 cm³/mol. The quantitative estimate of drug-likeness (QED) is 0.838. The topological polar surface area (TPSA) is 43.1 Å². The molecule has 0 unspecified atom stereocenters. The van der Waals surface area contributed by atoms with Crippen molar-refractivity contribution in [3.63, 3.8) is 0 Å². The molecule has 1 heterocycles. The Hall–Kier alpha value is -1.61. The molecule has 1 fully saturated rings. The number of thiophene rings is 1. The van der Waals surface area contributed by atoms with Crippen LogP contribution in [0.3, 0.4) is 0 Å². The number of nitrogen functional groups attached to an aromatic ring is 1. The van der Waals surface area contributed by atoms with Gasteiger partial charge in [0.25, 0.3) is 0 Å². The molecule has 2 N–H and O–H groups in total. The molecule has 2 bridgehead atoms. The van der Waals surface area contributed by atoms with E-state index >= 15 is 0 Å². The van der Waals surface area contributed by atoms with Crippen LogP contribution in [-0.4, -0.2) is 5.78 Å². The normalized spacial score (nSPS) is 23.1. The Morgan fingerprint density at radius 3 is 2.65 bits per heavy atom. The van der Waals surface area contributed by atoms with Crippen molar-refractivity contribution >= 4 is 22.1 Å². The molecule has 0 spiro atoms. The average molecular weight is 283 g/mol. The summed E-state index contributed by atoms with van der Waals surface area (Å²) >= 11 is 1.65. The Kier molecular flexibility index (Phi) is 2.55. The molecule has 0 saturated heterocycles. The van der Waals surface area contributed by atoms with Crippen LogP contribution in [0.5, 0.6) is 0 Å². The first-order valence-electron chi connectivity index (χ1n) is 7.18. The zero-order chi connectivity index (χ0) is 13.9. The number of nitrogens with two attached hydrogens (primary N) is 1. The summed E-state index contributed by atoms with van der Waals surface area (Å²) in [5.41, 5.74) is 10.2. The van der Waals surface area contributed by atoms with Crippen molar-refractivity contribution in [1.82, 2.24) is 0 Å². The molecule has 1 aromatic heterocycles. The molecule has 2 nitrogen and oxygen atoms in total. The minimum atomic E-state index is 0.104. The number of anilines is 1. The van der Waals surface area contributed by atoms with Crippen molar-refractivity contribution < 1.29 is 4.79 Å². The Labute approximate surface area is 122 Å². The lowest BCUT2D eigenvalue weighted by atomic mass is 9.91. The Balaban J connectivity index is 1.82. The predicted octanol–water partition coefficient (Wildman–Crippen LogP) is 4.23. The van der Waals surface area contributed by atoms with Gasteiger partial charge in [0.05, 0.1) is 10.6 Å². The van der Waals surface area contributed by atoms with E-state index in [9.17, 15) is 4.79 Å². The van der Waals surface area contributed by atoms with Gasteiger partial charge in [0, 0.05) is 10.4 Å². The van der Waals surface area contributed by atoms with Gasteiger partial charge in [-0.25, -0.2) is 0 Å². The van der Waals surface area contributed by atoms with Gasteiger partial charge in [-0.15, -0.1) is 11.3 Å². The third kappa shape index (κ3) is 1.59. The maximum atomic E-state index is 12.8. The maximum Gasteiger partial charge on any atom is 0.196 e. The SMILES string of the molecule is Cc1ccc(C(=O)c2c(N)sc3c2[C@@H]2CC[C@@H]3C2)cc1. The fourth-order valence-electron chi connectivity index (χ4n) is 3.75. The summed E-state index contributed by atoms with van der Waals surface area (Å²) in [6.07, 6.45) is 3.73. The molecule has 3 heteroatoms. The van der Waals surface area contributed by atoms with Gasteiger partial charge >= 0.3 is 0 Å². The van der Waals surface area contributed by atoms with E-state index in [-0.39, 0.29) is 5.78 Å². The summed E-state index contributed by atoms with van der Waals surface area (Å²) < 4.78 is 0. The van der Waals surface area contributed by atoms with Crippen LogP contribution in [0.1, 0.15) is 63.0 Å². The van der Waals surface area contributed by atoms with Crippen LogP contribution < -0.4 is 5.73 Å². The van der Waals surface area contributed by atoms with Crippen LogP contribution in [0.2, 0.25) is 0 Å². The number of aryl methyl sites for hydroxylation is 1. The number of hydrogen-bond acceptors (Lipinski definition) is 3. The van der Waals surface area contributed by atoms with Crippen LogP contribution in [0.15, 0.2) is 24.3 Å². The van der Waals surface area contributed by atoms with Crippen molar-refractivity contribution in [2.75, 3.05) is 5.73 Å². The molecule has 2 aliphatic carbocycles. The average Bonchev–Trinajstić information content (AvgIpc) is 3.09. The lowest BCUT2D eigenvalue weighted by Gasteiger charge is -2.12. The minimum absolute atomic E-state index is 0.104. The van der Waals surface area contributed by atoms with Gasteiger partial charge in [0.1, 0.15) is 0 Å². The molecular formula is C17H17NOS. The number of rotatable bonds is 2. The van der Waals surface area contributed by atoms with Crippen LogP contribution in [0, 0.1) is 6.92 Å². The lowest BCUT2D eigenvalue weighted by Crippen LogP contribution is -2.08. The maximum absolute atomic E-state index is 12.8. The molecule has 1 aromatic carbocycles. The zero-order valence-corrected chi connectivity index (χ0v) is 12.3. The highest BCUT2D eigenvalue weighted by Gasteiger charge is 2.42. The fourth-order valence-corrected chi connectivity index (χ4v) is 5.06. The Bertz CT molecular complexity index is 699. The van der Waals surface area contributed by atoms with Crippen molar-refractivity contribution in [2.24, 2.45) is 0 Å². The summed E-state index contributed by atoms with van der Waals surface area (Å²) in [6.45, 7) is 2.03. The summed E-state index contributed by atoms with van der Waals surface area (Å²) in [7, 11) is 0. The Morgan fingerprint density at radius 2 is 1.90 bits per heavy atom. The van der Waals surface area contributed by atoms with Gasteiger partial charge in [-0.3, -0.25) is 4.79 Å². The van der Waals surface area contributed by atoms with Crippen molar-refractivity contribution in [1.29, 1.82) is 0 Å². The summed E-state index contributed by atoms with van der Waals surface area (Å²) in [5, 5.41) is 0.720. The molecular weight excluding hydrogens is 266 g/mol. The van der Waals surface area contributed by atoms with E-state index in [0.717, 1.165) is 16.1 Å². The fraction of sp³-hybridized carbons (Fsp3) is 0.353. The molecule has 2 aliphatic rings. The zero-order valence-electron chi connectivity index (χ0n) is 11.5. The summed E-state index contributed by atoms with van der Waals surface area (Å²) in [6, 6.07) is 7.80. The molecule has 0 radical (unpaired) electrons. The number of ketones is 1. The third-order valence-corrected chi connectivity index (χ3v) is 5.95. The van der Waals surface area contributed by atoms with E-state index in [1.807, 2.05) is 31.2 Å². The van der Waals surface area contributed by atoms with E-state index in [0.29, 0.717) is 11.8 Å². The monoisotopic (exact) mass is 283 g/mol. The van der Waals surface area contributed by atoms with Crippen molar-refractivity contribution in [3.05, 3.63) is 51.4 Å². The van der Waals surface area contributed by atoms with Crippen LogP contribution in [0.4, 0.5) is 5.00 Å².